The van der Waals surface area contributed by atoms with Crippen LogP contribution in [0.3, 0.4) is 0 Å². The molecule has 1 aliphatic rings. The molecule has 4 N–H and O–H groups in total. The van der Waals surface area contributed by atoms with Crippen molar-refractivity contribution < 1.29 is 9.13 Å². The summed E-state index contributed by atoms with van der Waals surface area (Å²) < 4.78 is 19.6. The molecule has 0 fully saturated rings. The highest BCUT2D eigenvalue weighted by atomic mass is 19.1. The van der Waals surface area contributed by atoms with E-state index in [0.29, 0.717) is 24.3 Å². The lowest BCUT2D eigenvalue weighted by Gasteiger charge is -2.25. The van der Waals surface area contributed by atoms with Gasteiger partial charge >= 0.3 is 0 Å². The van der Waals surface area contributed by atoms with Crippen molar-refractivity contribution in [3.8, 4) is 5.75 Å². The first-order valence-electron chi connectivity index (χ1n) is 8.66. The van der Waals surface area contributed by atoms with Crippen LogP contribution in [0.15, 0.2) is 42.6 Å². The summed E-state index contributed by atoms with van der Waals surface area (Å²) in [5, 5.41) is 6.65. The minimum absolute atomic E-state index is 0.0166. The van der Waals surface area contributed by atoms with E-state index >= 15 is 0 Å². The molecule has 3 rings (SSSR count). The summed E-state index contributed by atoms with van der Waals surface area (Å²) in [4.78, 5) is 4.69. The number of halogens is 1. The van der Waals surface area contributed by atoms with Crippen LogP contribution in [-0.2, 0) is 0 Å². The monoisotopic (exact) mass is 356 g/mol. The molecule has 1 aromatic carbocycles. The van der Waals surface area contributed by atoms with Crippen molar-refractivity contribution in [1.82, 2.24) is 10.3 Å². The predicted molar refractivity (Wildman–Crippen MR) is 102 cm³/mol. The second kappa shape index (κ2) is 7.33. The van der Waals surface area contributed by atoms with Crippen LogP contribution in [0.5, 0.6) is 5.75 Å². The Morgan fingerprint density at radius 1 is 1.31 bits per heavy atom. The molecule has 1 aliphatic heterocycles. The summed E-state index contributed by atoms with van der Waals surface area (Å²) in [5.74, 6) is 1.02. The number of ether oxygens (including phenoxy) is 1. The van der Waals surface area contributed by atoms with Crippen LogP contribution in [0.4, 0.5) is 10.2 Å². The molecule has 6 heteroatoms. The maximum Gasteiger partial charge on any atom is 0.134 e. The van der Waals surface area contributed by atoms with Gasteiger partial charge in [-0.3, -0.25) is 0 Å². The van der Waals surface area contributed by atoms with Crippen molar-refractivity contribution in [2.24, 2.45) is 5.73 Å². The van der Waals surface area contributed by atoms with E-state index in [4.69, 9.17) is 15.5 Å². The largest absolute Gasteiger partial charge is 0.496 e. The summed E-state index contributed by atoms with van der Waals surface area (Å²) >= 11 is 0. The van der Waals surface area contributed by atoms with Gasteiger partial charge in [0.25, 0.3) is 0 Å². The number of nitrogens with zero attached hydrogens (tertiary/aromatic N) is 1. The predicted octanol–water partition coefficient (Wildman–Crippen LogP) is 3.45. The van der Waals surface area contributed by atoms with Gasteiger partial charge in [0.15, 0.2) is 0 Å². The van der Waals surface area contributed by atoms with Crippen molar-refractivity contribution >= 4 is 11.4 Å². The molecule has 26 heavy (non-hydrogen) atoms. The molecule has 2 aromatic rings. The summed E-state index contributed by atoms with van der Waals surface area (Å²) in [6, 6.07) is 10.7. The molecule has 0 amide bonds. The number of hydrogen-bond acceptors (Lipinski definition) is 5. The molecular formula is C20H25FN4O. The van der Waals surface area contributed by atoms with Crippen LogP contribution in [0.2, 0.25) is 0 Å². The molecule has 1 unspecified atom stereocenters. The lowest BCUT2D eigenvalue weighted by Crippen LogP contribution is -2.39. The first-order chi connectivity index (χ1) is 12.4. The lowest BCUT2D eigenvalue weighted by molar-refractivity contribution is 0.409. The highest BCUT2D eigenvalue weighted by Gasteiger charge is 2.25. The number of aromatic nitrogens is 1. The molecule has 0 spiro atoms. The molecule has 0 bridgehead atoms. The summed E-state index contributed by atoms with van der Waals surface area (Å²) in [6.45, 7) is 4.55. The van der Waals surface area contributed by atoms with E-state index < -0.39 is 0 Å². The highest BCUT2D eigenvalue weighted by molar-refractivity contribution is 5.73. The average molecular weight is 356 g/mol. The molecule has 2 heterocycles. The Morgan fingerprint density at radius 3 is 2.81 bits per heavy atom. The van der Waals surface area contributed by atoms with Crippen molar-refractivity contribution in [3.05, 3.63) is 59.7 Å². The smallest absolute Gasteiger partial charge is 0.134 e. The molecule has 0 aliphatic carbocycles. The van der Waals surface area contributed by atoms with E-state index in [2.05, 4.69) is 10.6 Å². The Labute approximate surface area is 153 Å². The van der Waals surface area contributed by atoms with Crippen molar-refractivity contribution in [1.29, 1.82) is 0 Å². The van der Waals surface area contributed by atoms with Gasteiger partial charge < -0.3 is 21.1 Å². The summed E-state index contributed by atoms with van der Waals surface area (Å²) in [5.41, 5.74) is 7.81. The van der Waals surface area contributed by atoms with E-state index in [1.807, 2.05) is 38.2 Å². The zero-order valence-corrected chi connectivity index (χ0v) is 15.3. The third-order valence-corrected chi connectivity index (χ3v) is 4.50. The van der Waals surface area contributed by atoms with Crippen LogP contribution in [-0.4, -0.2) is 24.2 Å². The second-order valence-electron chi connectivity index (χ2n) is 7.07. The second-order valence-corrected chi connectivity index (χ2v) is 7.07. The Balaban J connectivity index is 1.79. The van der Waals surface area contributed by atoms with Crippen molar-refractivity contribution in [2.45, 2.75) is 31.8 Å². The number of nitrogens with two attached hydrogens (primary N) is 1. The Hall–Kier alpha value is -2.60. The van der Waals surface area contributed by atoms with Crippen LogP contribution in [0, 0.1) is 5.82 Å². The highest BCUT2D eigenvalue weighted by Crippen LogP contribution is 2.37. The first kappa shape index (κ1) is 18.2. The maximum atomic E-state index is 14.3. The number of pyridine rings is 1. The average Bonchev–Trinajstić information content (AvgIpc) is 3.11. The van der Waals surface area contributed by atoms with E-state index in [1.165, 1.54) is 6.07 Å². The Bertz CT molecular complexity index is 819. The minimum Gasteiger partial charge on any atom is -0.496 e. The van der Waals surface area contributed by atoms with Gasteiger partial charge in [-0.15, -0.1) is 0 Å². The van der Waals surface area contributed by atoms with Gasteiger partial charge in [0.1, 0.15) is 17.4 Å². The Morgan fingerprint density at radius 2 is 2.08 bits per heavy atom. The van der Waals surface area contributed by atoms with Gasteiger partial charge in [0.05, 0.1) is 24.4 Å². The molecule has 1 aromatic heterocycles. The normalized spacial score (nSPS) is 16.8. The first-order valence-corrected chi connectivity index (χ1v) is 8.66. The molecule has 0 saturated heterocycles. The third kappa shape index (κ3) is 3.80. The summed E-state index contributed by atoms with van der Waals surface area (Å²) in [6.07, 6.45) is 2.48. The fourth-order valence-corrected chi connectivity index (χ4v) is 3.00. The molecule has 0 radical (unpaired) electrons. The minimum atomic E-state index is -0.286. The number of benzene rings is 1. The summed E-state index contributed by atoms with van der Waals surface area (Å²) in [7, 11) is 1.55. The van der Waals surface area contributed by atoms with Gasteiger partial charge in [-0.2, -0.15) is 0 Å². The molecule has 5 nitrogen and oxygen atoms in total. The lowest BCUT2D eigenvalue weighted by atomic mass is 9.99. The molecule has 1 atom stereocenters. The van der Waals surface area contributed by atoms with Crippen LogP contribution in [0.25, 0.3) is 5.57 Å². The van der Waals surface area contributed by atoms with Crippen molar-refractivity contribution in [3.63, 3.8) is 0 Å². The van der Waals surface area contributed by atoms with Crippen molar-refractivity contribution in [2.75, 3.05) is 19.0 Å². The Kier molecular flexibility index (Phi) is 5.13. The number of anilines is 1. The fourth-order valence-electron chi connectivity index (χ4n) is 3.00. The van der Waals surface area contributed by atoms with Gasteiger partial charge in [-0.1, -0.05) is 12.1 Å². The molecule has 138 valence electrons. The van der Waals surface area contributed by atoms with E-state index in [0.717, 1.165) is 17.1 Å². The third-order valence-electron chi connectivity index (χ3n) is 4.50. The van der Waals surface area contributed by atoms with Crippen LogP contribution >= 0.6 is 0 Å². The van der Waals surface area contributed by atoms with Gasteiger partial charge in [-0.05, 0) is 43.7 Å². The van der Waals surface area contributed by atoms with Crippen LogP contribution in [0.1, 0.15) is 37.6 Å². The number of hydrogen-bond donors (Lipinski definition) is 3. The maximum absolute atomic E-state index is 14.3. The number of methoxy groups -OCH3 is 1. The number of nitrogens with one attached hydrogen (secondary N) is 2. The van der Waals surface area contributed by atoms with Gasteiger partial charge in [0.2, 0.25) is 0 Å². The molecular weight excluding hydrogens is 331 g/mol. The molecule has 0 saturated carbocycles. The number of rotatable bonds is 6. The van der Waals surface area contributed by atoms with E-state index in [1.54, 1.807) is 19.2 Å². The fraction of sp³-hybridized carbons (Fsp3) is 0.350. The van der Waals surface area contributed by atoms with E-state index in [-0.39, 0.29) is 17.4 Å². The van der Waals surface area contributed by atoms with Gasteiger partial charge in [0, 0.05) is 24.7 Å². The topological polar surface area (TPSA) is 72.2 Å². The quantitative estimate of drug-likeness (QED) is 0.739. The standard InChI is InChI=1S/C20H25FN4O/c1-20(2,12-22)25-18-9-5-7-15(24-18)16-10-13(11-23-16)19-14(21)6-4-8-17(19)26-3/h4-9,11,16,23H,10,12,22H2,1-3H3,(H,24,25). The zero-order chi connectivity index (χ0) is 18.7. The zero-order valence-electron chi connectivity index (χ0n) is 15.3. The van der Waals surface area contributed by atoms with E-state index in [9.17, 15) is 4.39 Å². The van der Waals surface area contributed by atoms with Crippen LogP contribution < -0.4 is 21.1 Å². The van der Waals surface area contributed by atoms with Gasteiger partial charge in [-0.25, -0.2) is 9.37 Å². The SMILES string of the molecule is COc1cccc(F)c1C1=CNC(c2cccc(NC(C)(C)CN)n2)C1.